The van der Waals surface area contributed by atoms with Gasteiger partial charge in [0.15, 0.2) is 0 Å². The number of hydrogen-bond acceptors (Lipinski definition) is 3. The molecule has 1 fully saturated rings. The molecular weight excluding hydrogens is 278 g/mol. The van der Waals surface area contributed by atoms with Gasteiger partial charge in [0, 0.05) is 18.6 Å². The predicted octanol–water partition coefficient (Wildman–Crippen LogP) is 2.30. The number of nitrogens with zero attached hydrogens (tertiary/aromatic N) is 2. The Morgan fingerprint density at radius 2 is 2.05 bits per heavy atom. The molecule has 22 heavy (non-hydrogen) atoms. The Kier molecular flexibility index (Phi) is 6.68. The van der Waals surface area contributed by atoms with E-state index >= 15 is 0 Å². The number of nitrogens with one attached hydrogen (secondary N) is 1. The first kappa shape index (κ1) is 19.2. The van der Waals surface area contributed by atoms with Gasteiger partial charge in [0.1, 0.15) is 0 Å². The minimum atomic E-state index is -0.869. The van der Waals surface area contributed by atoms with Crippen molar-refractivity contribution in [3.8, 4) is 0 Å². The smallest absolute Gasteiger partial charge is 0.317 e. The van der Waals surface area contributed by atoms with Crippen LogP contribution in [0.25, 0.3) is 0 Å². The Hall–Kier alpha value is -0.810. The van der Waals surface area contributed by atoms with Gasteiger partial charge in [-0.15, -0.1) is 0 Å². The summed E-state index contributed by atoms with van der Waals surface area (Å²) in [6.07, 6.45) is 4.75. The quantitative estimate of drug-likeness (QED) is 0.791. The van der Waals surface area contributed by atoms with Crippen LogP contribution >= 0.6 is 0 Å². The van der Waals surface area contributed by atoms with E-state index in [1.165, 1.54) is 12.8 Å². The Balaban J connectivity index is 2.66. The maximum atomic E-state index is 12.4. The second-order valence-electron chi connectivity index (χ2n) is 7.81. The third-order valence-corrected chi connectivity index (χ3v) is 4.83. The Bertz CT molecular complexity index is 365. The van der Waals surface area contributed by atoms with E-state index in [1.807, 2.05) is 6.92 Å². The van der Waals surface area contributed by atoms with Crippen molar-refractivity contribution in [1.29, 1.82) is 0 Å². The summed E-state index contributed by atoms with van der Waals surface area (Å²) in [6, 6.07) is -0.0796. The molecule has 5 nitrogen and oxygen atoms in total. The molecular formula is C17H35N3O2. The van der Waals surface area contributed by atoms with Crippen molar-refractivity contribution in [2.45, 2.75) is 64.5 Å². The average Bonchev–Trinajstić information content (AvgIpc) is 2.41. The molecule has 130 valence electrons. The van der Waals surface area contributed by atoms with E-state index in [4.69, 9.17) is 0 Å². The molecule has 0 aromatic heterocycles. The number of carbonyl (C=O) groups excluding carboxylic acids is 1. The number of hydrogen-bond donors (Lipinski definition) is 2. The van der Waals surface area contributed by atoms with E-state index in [1.54, 1.807) is 18.7 Å². The molecule has 0 bridgehead atoms. The molecule has 0 heterocycles. The summed E-state index contributed by atoms with van der Waals surface area (Å²) >= 11 is 0. The standard InChI is InChI=1S/C17H35N3O2/c1-7-20(13-16(3,4)22)15(21)18-12-17(19(5)6)10-8-9-14(2)11-17/h14,22H,7-13H2,1-6H3,(H,18,21). The maximum absolute atomic E-state index is 12.4. The zero-order chi connectivity index (χ0) is 17.0. The average molecular weight is 313 g/mol. The van der Waals surface area contributed by atoms with Gasteiger partial charge in [-0.1, -0.05) is 19.8 Å². The molecule has 2 atom stereocenters. The van der Waals surface area contributed by atoms with Crippen LogP contribution in [0.1, 0.15) is 53.4 Å². The van der Waals surface area contributed by atoms with Crippen molar-refractivity contribution in [2.75, 3.05) is 33.7 Å². The SMILES string of the molecule is CCN(CC(C)(C)O)C(=O)NCC1(N(C)C)CCCC(C)C1. The number of aliphatic hydroxyl groups is 1. The lowest BCUT2D eigenvalue weighted by Gasteiger charge is -2.45. The van der Waals surface area contributed by atoms with E-state index in [0.29, 0.717) is 25.6 Å². The topological polar surface area (TPSA) is 55.8 Å². The van der Waals surface area contributed by atoms with Crippen LogP contribution in [-0.4, -0.2) is 65.8 Å². The van der Waals surface area contributed by atoms with Crippen molar-refractivity contribution in [3.05, 3.63) is 0 Å². The Labute approximate surface area is 136 Å². The fraction of sp³-hybridized carbons (Fsp3) is 0.941. The summed E-state index contributed by atoms with van der Waals surface area (Å²) in [4.78, 5) is 16.4. The number of carbonyl (C=O) groups is 1. The molecule has 1 rings (SSSR count). The zero-order valence-corrected chi connectivity index (χ0v) is 15.3. The van der Waals surface area contributed by atoms with Gasteiger partial charge in [0.25, 0.3) is 0 Å². The van der Waals surface area contributed by atoms with Crippen molar-refractivity contribution in [1.82, 2.24) is 15.1 Å². The highest BCUT2D eigenvalue weighted by Crippen LogP contribution is 2.35. The Morgan fingerprint density at radius 1 is 1.41 bits per heavy atom. The maximum Gasteiger partial charge on any atom is 0.317 e. The molecule has 2 N–H and O–H groups in total. The van der Waals surface area contributed by atoms with Gasteiger partial charge < -0.3 is 20.2 Å². The van der Waals surface area contributed by atoms with Crippen molar-refractivity contribution in [2.24, 2.45) is 5.92 Å². The highest BCUT2D eigenvalue weighted by atomic mass is 16.3. The van der Waals surface area contributed by atoms with Gasteiger partial charge in [0.05, 0.1) is 12.1 Å². The highest BCUT2D eigenvalue weighted by Gasteiger charge is 2.37. The number of likely N-dealkylation sites (N-methyl/N-ethyl adjacent to an activating group) is 2. The van der Waals surface area contributed by atoms with E-state index < -0.39 is 5.60 Å². The molecule has 0 saturated heterocycles. The lowest BCUT2D eigenvalue weighted by molar-refractivity contribution is 0.0449. The van der Waals surface area contributed by atoms with Crippen LogP contribution in [0.2, 0.25) is 0 Å². The van der Waals surface area contributed by atoms with Gasteiger partial charge in [-0.05, 0) is 53.6 Å². The van der Waals surface area contributed by atoms with Crippen LogP contribution in [0.5, 0.6) is 0 Å². The fourth-order valence-electron chi connectivity index (χ4n) is 3.50. The number of rotatable bonds is 6. The van der Waals surface area contributed by atoms with E-state index in [0.717, 1.165) is 12.8 Å². The molecule has 0 radical (unpaired) electrons. The van der Waals surface area contributed by atoms with Crippen molar-refractivity contribution >= 4 is 6.03 Å². The summed E-state index contributed by atoms with van der Waals surface area (Å²) in [7, 11) is 4.22. The van der Waals surface area contributed by atoms with Crippen LogP contribution in [0.4, 0.5) is 4.79 Å². The van der Waals surface area contributed by atoms with Gasteiger partial charge >= 0.3 is 6.03 Å². The highest BCUT2D eigenvalue weighted by molar-refractivity contribution is 5.74. The zero-order valence-electron chi connectivity index (χ0n) is 15.3. The predicted molar refractivity (Wildman–Crippen MR) is 91.0 cm³/mol. The van der Waals surface area contributed by atoms with Crippen LogP contribution in [-0.2, 0) is 0 Å². The largest absolute Gasteiger partial charge is 0.389 e. The summed E-state index contributed by atoms with van der Waals surface area (Å²) < 4.78 is 0. The first-order chi connectivity index (χ1) is 10.1. The molecule has 1 saturated carbocycles. The minimum Gasteiger partial charge on any atom is -0.389 e. The van der Waals surface area contributed by atoms with Crippen molar-refractivity contribution in [3.63, 3.8) is 0 Å². The summed E-state index contributed by atoms with van der Waals surface area (Å²) in [6.45, 7) is 9.31. The number of amides is 2. The first-order valence-corrected chi connectivity index (χ1v) is 8.52. The molecule has 0 aromatic rings. The van der Waals surface area contributed by atoms with Crippen molar-refractivity contribution < 1.29 is 9.90 Å². The van der Waals surface area contributed by atoms with E-state index in [2.05, 4.69) is 31.2 Å². The number of urea groups is 1. The fourth-order valence-corrected chi connectivity index (χ4v) is 3.50. The van der Waals surface area contributed by atoms with Gasteiger partial charge in [-0.2, -0.15) is 0 Å². The summed E-state index contributed by atoms with van der Waals surface area (Å²) in [5.74, 6) is 0.701. The lowest BCUT2D eigenvalue weighted by atomic mass is 9.75. The molecule has 1 aliphatic rings. The third-order valence-electron chi connectivity index (χ3n) is 4.83. The van der Waals surface area contributed by atoms with Gasteiger partial charge in [-0.3, -0.25) is 0 Å². The van der Waals surface area contributed by atoms with Crippen LogP contribution in [0.3, 0.4) is 0 Å². The minimum absolute atomic E-state index is 0.0570. The van der Waals surface area contributed by atoms with Gasteiger partial charge in [-0.25, -0.2) is 4.79 Å². The molecule has 0 spiro atoms. The Morgan fingerprint density at radius 3 is 2.50 bits per heavy atom. The van der Waals surface area contributed by atoms with Crippen LogP contribution in [0.15, 0.2) is 0 Å². The third kappa shape index (κ3) is 5.43. The molecule has 0 aliphatic heterocycles. The normalized spacial score (nSPS) is 26.1. The second kappa shape index (κ2) is 7.64. The van der Waals surface area contributed by atoms with E-state index in [9.17, 15) is 9.90 Å². The summed E-state index contributed by atoms with van der Waals surface area (Å²) in [5, 5.41) is 13.0. The van der Waals surface area contributed by atoms with E-state index in [-0.39, 0.29) is 11.6 Å². The van der Waals surface area contributed by atoms with Gasteiger partial charge in [0.2, 0.25) is 0 Å². The summed E-state index contributed by atoms with van der Waals surface area (Å²) in [5.41, 5.74) is -0.812. The first-order valence-electron chi connectivity index (χ1n) is 8.52. The molecule has 0 aromatic carbocycles. The van der Waals surface area contributed by atoms with Crippen LogP contribution in [0, 0.1) is 5.92 Å². The lowest BCUT2D eigenvalue weighted by Crippen LogP contribution is -2.57. The molecule has 2 amide bonds. The molecule has 1 aliphatic carbocycles. The van der Waals surface area contributed by atoms with Crippen LogP contribution < -0.4 is 5.32 Å². The monoisotopic (exact) mass is 313 g/mol. The second-order valence-corrected chi connectivity index (χ2v) is 7.81. The molecule has 5 heteroatoms. The molecule has 2 unspecified atom stereocenters.